The molecule has 3 amide bonds. The fraction of sp³-hybridized carbons (Fsp3) is 0.444. The van der Waals surface area contributed by atoms with Crippen LogP contribution in [0.5, 0.6) is 0 Å². The van der Waals surface area contributed by atoms with E-state index in [-0.39, 0.29) is 41.2 Å². The molecule has 2 aromatic carbocycles. The van der Waals surface area contributed by atoms with Gasteiger partial charge in [-0.2, -0.15) is 0 Å². The molecule has 0 aromatic heterocycles. The van der Waals surface area contributed by atoms with Crippen molar-refractivity contribution in [3.63, 3.8) is 0 Å². The number of carbonyl (C=O) groups excluding carboxylic acids is 3. The van der Waals surface area contributed by atoms with Crippen molar-refractivity contribution in [2.45, 2.75) is 38.1 Å². The molecular weight excluding hydrogens is 504 g/mol. The summed E-state index contributed by atoms with van der Waals surface area (Å²) in [6.45, 7) is 3.66. The summed E-state index contributed by atoms with van der Waals surface area (Å²) in [5, 5.41) is 0.842. The van der Waals surface area contributed by atoms with Crippen molar-refractivity contribution in [3.05, 3.63) is 69.5 Å². The Bertz CT molecular complexity index is 1150. The maximum atomic E-state index is 13.8. The average Bonchev–Trinajstić information content (AvgIpc) is 2.88. The monoisotopic (exact) mass is 533 g/mol. The number of halogens is 3. The van der Waals surface area contributed by atoms with Gasteiger partial charge in [0.15, 0.2) is 0 Å². The van der Waals surface area contributed by atoms with E-state index in [9.17, 15) is 18.8 Å². The SMILES string of the molecule is CC(=O)N1CCC(C(=O)N2CC[C@@H](N(C)C(=O)c3cccc(F)c3)[C@H](c3ccc(Cl)c(Cl)c3)C2)CC1. The number of rotatable bonds is 4. The van der Waals surface area contributed by atoms with Gasteiger partial charge in [-0.05, 0) is 55.2 Å². The van der Waals surface area contributed by atoms with Crippen LogP contribution in [0, 0.1) is 11.7 Å². The van der Waals surface area contributed by atoms with Crippen LogP contribution in [-0.2, 0) is 9.59 Å². The van der Waals surface area contributed by atoms with Gasteiger partial charge >= 0.3 is 0 Å². The summed E-state index contributed by atoms with van der Waals surface area (Å²) in [6, 6.07) is 10.8. The fourth-order valence-corrected chi connectivity index (χ4v) is 5.66. The Balaban J connectivity index is 1.56. The molecule has 36 heavy (non-hydrogen) atoms. The molecule has 2 saturated heterocycles. The number of benzene rings is 2. The second-order valence-electron chi connectivity index (χ2n) is 9.63. The molecule has 0 saturated carbocycles. The van der Waals surface area contributed by atoms with E-state index in [1.807, 2.05) is 11.0 Å². The van der Waals surface area contributed by atoms with E-state index >= 15 is 0 Å². The van der Waals surface area contributed by atoms with Crippen molar-refractivity contribution in [2.24, 2.45) is 5.92 Å². The maximum absolute atomic E-state index is 13.8. The predicted molar refractivity (Wildman–Crippen MR) is 138 cm³/mol. The summed E-state index contributed by atoms with van der Waals surface area (Å²) in [5.74, 6) is -0.948. The van der Waals surface area contributed by atoms with Gasteiger partial charge in [-0.3, -0.25) is 14.4 Å². The van der Waals surface area contributed by atoms with Crippen molar-refractivity contribution in [2.75, 3.05) is 33.2 Å². The van der Waals surface area contributed by atoms with E-state index in [1.165, 1.54) is 18.2 Å². The van der Waals surface area contributed by atoms with Gasteiger partial charge in [0.1, 0.15) is 5.82 Å². The molecule has 2 aromatic rings. The van der Waals surface area contributed by atoms with Gasteiger partial charge in [0.2, 0.25) is 11.8 Å². The highest BCUT2D eigenvalue weighted by molar-refractivity contribution is 6.42. The zero-order chi connectivity index (χ0) is 26.0. The van der Waals surface area contributed by atoms with Crippen LogP contribution in [0.25, 0.3) is 0 Å². The van der Waals surface area contributed by atoms with E-state index in [0.717, 1.165) is 5.56 Å². The third kappa shape index (κ3) is 5.68. The highest BCUT2D eigenvalue weighted by Crippen LogP contribution is 2.35. The van der Waals surface area contributed by atoms with Crippen LogP contribution in [0.4, 0.5) is 4.39 Å². The zero-order valence-electron chi connectivity index (χ0n) is 20.4. The summed E-state index contributed by atoms with van der Waals surface area (Å²) >= 11 is 12.5. The molecular formula is C27H30Cl2FN3O3. The molecule has 0 spiro atoms. The molecule has 2 aliphatic rings. The lowest BCUT2D eigenvalue weighted by atomic mass is 9.83. The molecule has 0 aliphatic carbocycles. The lowest BCUT2D eigenvalue weighted by molar-refractivity contribution is -0.141. The first-order valence-electron chi connectivity index (χ1n) is 12.2. The van der Waals surface area contributed by atoms with E-state index in [1.54, 1.807) is 42.0 Å². The van der Waals surface area contributed by atoms with Crippen LogP contribution in [0.1, 0.15) is 48.0 Å². The third-order valence-corrected chi connectivity index (χ3v) is 8.18. The highest BCUT2D eigenvalue weighted by Gasteiger charge is 2.39. The van der Waals surface area contributed by atoms with Crippen LogP contribution in [-0.4, -0.2) is 71.7 Å². The third-order valence-electron chi connectivity index (χ3n) is 7.44. The zero-order valence-corrected chi connectivity index (χ0v) is 21.9. The molecule has 0 N–H and O–H groups in total. The summed E-state index contributed by atoms with van der Waals surface area (Å²) in [4.78, 5) is 43.7. The average molecular weight is 534 g/mol. The van der Waals surface area contributed by atoms with Gasteiger partial charge in [0.25, 0.3) is 5.91 Å². The van der Waals surface area contributed by atoms with Gasteiger partial charge in [-0.1, -0.05) is 35.3 Å². The van der Waals surface area contributed by atoms with Crippen molar-refractivity contribution in [1.82, 2.24) is 14.7 Å². The Morgan fingerprint density at radius 2 is 1.64 bits per heavy atom. The second-order valence-corrected chi connectivity index (χ2v) is 10.4. The van der Waals surface area contributed by atoms with E-state index in [0.29, 0.717) is 55.5 Å². The molecule has 2 fully saturated rings. The minimum absolute atomic E-state index is 0.0346. The number of nitrogens with zero attached hydrogens (tertiary/aromatic N) is 3. The standard InChI is InChI=1S/C27H30Cl2FN3O3/c1-17(34)32-11-8-18(9-12-32)27(36)33-13-10-25(22(16-33)19-6-7-23(28)24(29)15-19)31(2)26(35)20-4-3-5-21(30)14-20/h3-7,14-15,18,22,25H,8-13,16H2,1-2H3/t22-,25+/m0/s1. The Labute approximate surface area is 220 Å². The molecule has 0 unspecified atom stereocenters. The van der Waals surface area contributed by atoms with Gasteiger partial charge in [-0.15, -0.1) is 0 Å². The maximum Gasteiger partial charge on any atom is 0.253 e. The van der Waals surface area contributed by atoms with E-state index in [2.05, 4.69) is 0 Å². The quantitative estimate of drug-likeness (QED) is 0.564. The van der Waals surface area contributed by atoms with Crippen LogP contribution < -0.4 is 0 Å². The highest BCUT2D eigenvalue weighted by atomic mass is 35.5. The second kappa shape index (κ2) is 11.2. The van der Waals surface area contributed by atoms with E-state index < -0.39 is 5.82 Å². The molecule has 6 nitrogen and oxygen atoms in total. The van der Waals surface area contributed by atoms with Gasteiger partial charge < -0.3 is 14.7 Å². The van der Waals surface area contributed by atoms with Crippen LogP contribution >= 0.6 is 23.2 Å². The number of piperidine rings is 2. The lowest BCUT2D eigenvalue weighted by Gasteiger charge is -2.44. The normalized spacial score (nSPS) is 20.8. The van der Waals surface area contributed by atoms with Crippen LogP contribution in [0.2, 0.25) is 10.0 Å². The Hall–Kier alpha value is -2.64. The van der Waals surface area contributed by atoms with Gasteiger partial charge in [0, 0.05) is 63.6 Å². The molecule has 2 aliphatic heterocycles. The summed E-state index contributed by atoms with van der Waals surface area (Å²) in [5.41, 5.74) is 1.17. The van der Waals surface area contributed by atoms with Crippen molar-refractivity contribution < 1.29 is 18.8 Å². The molecule has 2 heterocycles. The molecule has 0 bridgehead atoms. The molecule has 192 valence electrons. The van der Waals surface area contributed by atoms with E-state index in [4.69, 9.17) is 23.2 Å². The molecule has 9 heteroatoms. The van der Waals surface area contributed by atoms with Gasteiger partial charge in [-0.25, -0.2) is 4.39 Å². The number of hydrogen-bond acceptors (Lipinski definition) is 3. The number of amides is 3. The lowest BCUT2D eigenvalue weighted by Crippen LogP contribution is -2.53. The topological polar surface area (TPSA) is 60.9 Å². The summed E-state index contributed by atoms with van der Waals surface area (Å²) in [7, 11) is 1.72. The van der Waals surface area contributed by atoms with Crippen LogP contribution in [0.15, 0.2) is 42.5 Å². The first-order valence-corrected chi connectivity index (χ1v) is 12.9. The first kappa shape index (κ1) is 26.4. The van der Waals surface area contributed by atoms with Crippen molar-refractivity contribution >= 4 is 40.9 Å². The summed E-state index contributed by atoms with van der Waals surface area (Å²) < 4.78 is 13.8. The molecule has 0 radical (unpaired) electrons. The number of likely N-dealkylation sites (tertiary alicyclic amines) is 2. The Morgan fingerprint density at radius 3 is 2.28 bits per heavy atom. The number of hydrogen-bond donors (Lipinski definition) is 0. The van der Waals surface area contributed by atoms with Crippen LogP contribution in [0.3, 0.4) is 0 Å². The van der Waals surface area contributed by atoms with Crippen molar-refractivity contribution in [1.29, 1.82) is 0 Å². The van der Waals surface area contributed by atoms with Crippen molar-refractivity contribution in [3.8, 4) is 0 Å². The Morgan fingerprint density at radius 1 is 0.944 bits per heavy atom. The number of carbonyl (C=O) groups is 3. The molecule has 4 rings (SSSR count). The van der Waals surface area contributed by atoms with Gasteiger partial charge in [0.05, 0.1) is 10.0 Å². The predicted octanol–water partition coefficient (Wildman–Crippen LogP) is 4.85. The first-order chi connectivity index (χ1) is 17.2. The molecule has 2 atom stereocenters. The fourth-order valence-electron chi connectivity index (χ4n) is 5.35. The minimum atomic E-state index is -0.466. The largest absolute Gasteiger partial charge is 0.343 e. The summed E-state index contributed by atoms with van der Waals surface area (Å²) in [6.07, 6.45) is 1.86. The minimum Gasteiger partial charge on any atom is -0.343 e. The smallest absolute Gasteiger partial charge is 0.253 e. The number of likely N-dealkylation sites (N-methyl/N-ethyl adjacent to an activating group) is 1. The Kier molecular flexibility index (Phi) is 8.20.